The molecule has 0 amide bonds. The molecule has 0 aromatic heterocycles. The molecule has 1 fully saturated rings. The molecule has 1 aromatic carbocycles. The van der Waals surface area contributed by atoms with Crippen molar-refractivity contribution < 1.29 is 5.11 Å². The molecule has 1 heteroatoms. The van der Waals surface area contributed by atoms with Gasteiger partial charge >= 0.3 is 0 Å². The first-order valence-electron chi connectivity index (χ1n) is 5.88. The Morgan fingerprint density at radius 3 is 2.27 bits per heavy atom. The van der Waals surface area contributed by atoms with Gasteiger partial charge in [0.25, 0.3) is 0 Å². The van der Waals surface area contributed by atoms with Crippen LogP contribution in [0.5, 0.6) is 0 Å². The van der Waals surface area contributed by atoms with E-state index in [1.165, 1.54) is 5.56 Å². The number of rotatable bonds is 4. The number of aliphatic hydroxyl groups is 1. The predicted octanol–water partition coefficient (Wildman–Crippen LogP) is 3.34. The zero-order valence-electron chi connectivity index (χ0n) is 9.61. The summed E-state index contributed by atoms with van der Waals surface area (Å²) < 4.78 is 0. The highest BCUT2D eigenvalue weighted by Crippen LogP contribution is 2.45. The average molecular weight is 204 g/mol. The molecule has 15 heavy (non-hydrogen) atoms. The summed E-state index contributed by atoms with van der Waals surface area (Å²) in [4.78, 5) is 0. The molecule has 1 N–H and O–H groups in total. The molecule has 1 atom stereocenters. The zero-order valence-corrected chi connectivity index (χ0v) is 9.61. The summed E-state index contributed by atoms with van der Waals surface area (Å²) in [6, 6.07) is 10.6. The second-order valence-electron chi connectivity index (χ2n) is 5.19. The Kier molecular flexibility index (Phi) is 2.83. The molecule has 1 saturated carbocycles. The summed E-state index contributed by atoms with van der Waals surface area (Å²) in [7, 11) is 0. The van der Waals surface area contributed by atoms with E-state index < -0.39 is 0 Å². The van der Waals surface area contributed by atoms with Crippen molar-refractivity contribution in [2.24, 2.45) is 5.92 Å². The topological polar surface area (TPSA) is 20.2 Å². The van der Waals surface area contributed by atoms with Gasteiger partial charge in [0, 0.05) is 0 Å². The predicted molar refractivity (Wildman–Crippen MR) is 62.8 cm³/mol. The van der Waals surface area contributed by atoms with Crippen LogP contribution in [0, 0.1) is 5.92 Å². The highest BCUT2D eigenvalue weighted by atomic mass is 16.3. The average Bonchev–Trinajstić information content (AvgIpc) is 2.95. The lowest BCUT2D eigenvalue weighted by Crippen LogP contribution is -2.17. The number of hydrogen-bond acceptors (Lipinski definition) is 1. The van der Waals surface area contributed by atoms with Gasteiger partial charge in [-0.1, -0.05) is 44.2 Å². The van der Waals surface area contributed by atoms with Crippen molar-refractivity contribution in [1.29, 1.82) is 0 Å². The molecule has 1 aromatic rings. The monoisotopic (exact) mass is 204 g/mol. The van der Waals surface area contributed by atoms with Gasteiger partial charge in [0.05, 0.1) is 5.60 Å². The Hall–Kier alpha value is -0.820. The van der Waals surface area contributed by atoms with E-state index in [1.807, 2.05) is 6.07 Å². The third kappa shape index (κ3) is 2.60. The lowest BCUT2D eigenvalue weighted by Gasteiger charge is -2.24. The second-order valence-corrected chi connectivity index (χ2v) is 5.19. The number of hydrogen-bond donors (Lipinski definition) is 1. The molecule has 1 aliphatic rings. The van der Waals surface area contributed by atoms with Gasteiger partial charge in [-0.15, -0.1) is 0 Å². The Morgan fingerprint density at radius 2 is 1.80 bits per heavy atom. The first-order valence-corrected chi connectivity index (χ1v) is 5.88. The van der Waals surface area contributed by atoms with E-state index in [0.29, 0.717) is 11.8 Å². The maximum Gasteiger partial charge on any atom is 0.0655 e. The smallest absolute Gasteiger partial charge is 0.0655 e. The largest absolute Gasteiger partial charge is 0.390 e. The van der Waals surface area contributed by atoms with Crippen LogP contribution in [0.2, 0.25) is 0 Å². The van der Waals surface area contributed by atoms with Gasteiger partial charge in [-0.3, -0.25) is 0 Å². The van der Waals surface area contributed by atoms with Gasteiger partial charge < -0.3 is 5.11 Å². The minimum Gasteiger partial charge on any atom is -0.390 e. The molecule has 0 aliphatic heterocycles. The fourth-order valence-corrected chi connectivity index (χ4v) is 2.20. The SMILES string of the molecule is CC(C)C(CC1(O)CC1)c1ccccc1. The van der Waals surface area contributed by atoms with Crippen molar-refractivity contribution in [2.75, 3.05) is 0 Å². The fourth-order valence-electron chi connectivity index (χ4n) is 2.20. The minimum absolute atomic E-state index is 0.342. The van der Waals surface area contributed by atoms with Crippen LogP contribution < -0.4 is 0 Å². The van der Waals surface area contributed by atoms with Crippen molar-refractivity contribution in [3.8, 4) is 0 Å². The Balaban J connectivity index is 2.13. The molecule has 0 bridgehead atoms. The van der Waals surface area contributed by atoms with Crippen molar-refractivity contribution in [2.45, 2.75) is 44.6 Å². The van der Waals surface area contributed by atoms with Gasteiger partial charge in [0.1, 0.15) is 0 Å². The van der Waals surface area contributed by atoms with Crippen molar-refractivity contribution in [3.63, 3.8) is 0 Å². The van der Waals surface area contributed by atoms with Crippen LogP contribution in [0.4, 0.5) is 0 Å². The molecule has 2 rings (SSSR count). The maximum atomic E-state index is 10.0. The highest BCUT2D eigenvalue weighted by molar-refractivity contribution is 5.21. The van der Waals surface area contributed by atoms with E-state index in [0.717, 1.165) is 19.3 Å². The normalized spacial score (nSPS) is 20.3. The minimum atomic E-state index is -0.342. The molecule has 0 radical (unpaired) electrons. The van der Waals surface area contributed by atoms with E-state index in [4.69, 9.17) is 0 Å². The van der Waals surface area contributed by atoms with Crippen molar-refractivity contribution in [1.82, 2.24) is 0 Å². The molecule has 1 unspecified atom stereocenters. The quantitative estimate of drug-likeness (QED) is 0.797. The molecule has 0 saturated heterocycles. The Bertz CT molecular complexity index is 311. The lowest BCUT2D eigenvalue weighted by molar-refractivity contribution is 0.123. The summed E-state index contributed by atoms with van der Waals surface area (Å²) >= 11 is 0. The van der Waals surface area contributed by atoms with Crippen molar-refractivity contribution in [3.05, 3.63) is 35.9 Å². The van der Waals surface area contributed by atoms with Gasteiger partial charge in [-0.2, -0.15) is 0 Å². The van der Waals surface area contributed by atoms with Crippen LogP contribution >= 0.6 is 0 Å². The van der Waals surface area contributed by atoms with Gasteiger partial charge in [-0.05, 0) is 36.7 Å². The third-order valence-electron chi connectivity index (χ3n) is 3.46. The van der Waals surface area contributed by atoms with Crippen LogP contribution in [0.3, 0.4) is 0 Å². The second kappa shape index (κ2) is 3.97. The summed E-state index contributed by atoms with van der Waals surface area (Å²) in [5, 5.41) is 10.0. The van der Waals surface area contributed by atoms with Crippen LogP contribution in [-0.2, 0) is 0 Å². The first kappa shape index (κ1) is 10.7. The summed E-state index contributed by atoms with van der Waals surface area (Å²) in [6.45, 7) is 4.48. The molecule has 1 nitrogen and oxygen atoms in total. The lowest BCUT2D eigenvalue weighted by atomic mass is 9.83. The van der Waals surface area contributed by atoms with E-state index in [9.17, 15) is 5.11 Å². The molecular weight excluding hydrogens is 184 g/mol. The Labute approximate surface area is 92.1 Å². The Morgan fingerprint density at radius 1 is 1.20 bits per heavy atom. The fraction of sp³-hybridized carbons (Fsp3) is 0.571. The van der Waals surface area contributed by atoms with E-state index >= 15 is 0 Å². The van der Waals surface area contributed by atoms with Crippen LogP contribution in [0.1, 0.15) is 44.6 Å². The third-order valence-corrected chi connectivity index (χ3v) is 3.46. The summed E-state index contributed by atoms with van der Waals surface area (Å²) in [6.07, 6.45) is 2.90. The van der Waals surface area contributed by atoms with Gasteiger partial charge in [-0.25, -0.2) is 0 Å². The van der Waals surface area contributed by atoms with Gasteiger partial charge in [0.2, 0.25) is 0 Å². The first-order chi connectivity index (χ1) is 7.11. The van der Waals surface area contributed by atoms with Crippen LogP contribution in [0.25, 0.3) is 0 Å². The zero-order chi connectivity index (χ0) is 10.9. The maximum absolute atomic E-state index is 10.0. The van der Waals surface area contributed by atoms with Crippen LogP contribution in [0.15, 0.2) is 30.3 Å². The molecule has 0 heterocycles. The van der Waals surface area contributed by atoms with Crippen molar-refractivity contribution >= 4 is 0 Å². The standard InChI is InChI=1S/C14H20O/c1-11(2)13(10-14(15)8-9-14)12-6-4-3-5-7-12/h3-7,11,13,15H,8-10H2,1-2H3. The molecule has 0 spiro atoms. The summed E-state index contributed by atoms with van der Waals surface area (Å²) in [5.74, 6) is 1.09. The van der Waals surface area contributed by atoms with Gasteiger partial charge in [0.15, 0.2) is 0 Å². The molecule has 1 aliphatic carbocycles. The van der Waals surface area contributed by atoms with E-state index in [-0.39, 0.29) is 5.60 Å². The van der Waals surface area contributed by atoms with Crippen LogP contribution in [-0.4, -0.2) is 10.7 Å². The van der Waals surface area contributed by atoms with E-state index in [1.54, 1.807) is 0 Å². The molecular formula is C14H20O. The highest BCUT2D eigenvalue weighted by Gasteiger charge is 2.42. The summed E-state index contributed by atoms with van der Waals surface area (Å²) in [5.41, 5.74) is 1.03. The molecule has 82 valence electrons. The van der Waals surface area contributed by atoms with E-state index in [2.05, 4.69) is 38.1 Å². The number of benzene rings is 1.